The van der Waals surface area contributed by atoms with Gasteiger partial charge in [-0.15, -0.1) is 0 Å². The number of hydrogen-bond acceptors (Lipinski definition) is 3. The molecule has 6 heteroatoms. The molecule has 0 N–H and O–H groups in total. The Morgan fingerprint density at radius 1 is 1.04 bits per heavy atom. The van der Waals surface area contributed by atoms with Gasteiger partial charge in [-0.05, 0) is 36.0 Å². The first-order chi connectivity index (χ1) is 12.9. The first kappa shape index (κ1) is 20.2. The molecule has 2 heterocycles. The van der Waals surface area contributed by atoms with Gasteiger partial charge < -0.3 is 14.5 Å². The van der Waals surface area contributed by atoms with E-state index in [0.29, 0.717) is 50.8 Å². The van der Waals surface area contributed by atoms with Crippen LogP contribution in [-0.4, -0.2) is 61.0 Å². The van der Waals surface area contributed by atoms with Crippen molar-refractivity contribution in [1.82, 2.24) is 9.80 Å². The molecule has 5 nitrogen and oxygen atoms in total. The summed E-state index contributed by atoms with van der Waals surface area (Å²) >= 11 is 5.97. The highest BCUT2D eigenvalue weighted by Gasteiger charge is 2.33. The molecule has 27 heavy (non-hydrogen) atoms. The fraction of sp³-hybridized carbons (Fsp3) is 0.619. The van der Waals surface area contributed by atoms with E-state index in [4.69, 9.17) is 16.3 Å². The molecular weight excluding hydrogens is 364 g/mol. The average molecular weight is 393 g/mol. The van der Waals surface area contributed by atoms with Gasteiger partial charge in [0.2, 0.25) is 11.8 Å². The van der Waals surface area contributed by atoms with E-state index in [0.717, 1.165) is 18.4 Å². The summed E-state index contributed by atoms with van der Waals surface area (Å²) < 4.78 is 5.32. The summed E-state index contributed by atoms with van der Waals surface area (Å²) in [5.41, 5.74) is 0.861. The van der Waals surface area contributed by atoms with E-state index in [1.165, 1.54) is 0 Å². The van der Waals surface area contributed by atoms with Crippen molar-refractivity contribution >= 4 is 23.4 Å². The number of carbonyl (C=O) groups is 2. The van der Waals surface area contributed by atoms with Gasteiger partial charge in [-0.1, -0.05) is 37.6 Å². The molecule has 148 valence electrons. The van der Waals surface area contributed by atoms with Crippen LogP contribution in [0.2, 0.25) is 5.02 Å². The van der Waals surface area contributed by atoms with Gasteiger partial charge in [-0.25, -0.2) is 0 Å². The second-order valence-electron chi connectivity index (χ2n) is 8.16. The van der Waals surface area contributed by atoms with Gasteiger partial charge in [-0.2, -0.15) is 0 Å². The van der Waals surface area contributed by atoms with Crippen LogP contribution in [0.15, 0.2) is 24.3 Å². The van der Waals surface area contributed by atoms with Gasteiger partial charge in [0.05, 0.1) is 13.2 Å². The second kappa shape index (κ2) is 8.61. The smallest absolute Gasteiger partial charge is 0.225 e. The molecule has 0 spiro atoms. The Morgan fingerprint density at radius 3 is 2.22 bits per heavy atom. The highest BCUT2D eigenvalue weighted by atomic mass is 35.5. The van der Waals surface area contributed by atoms with Crippen LogP contribution in [0.5, 0.6) is 0 Å². The summed E-state index contributed by atoms with van der Waals surface area (Å²) in [7, 11) is 0. The number of benzene rings is 1. The molecule has 0 atom stereocenters. The van der Waals surface area contributed by atoms with Crippen molar-refractivity contribution in [3.05, 3.63) is 34.9 Å². The van der Waals surface area contributed by atoms with E-state index >= 15 is 0 Å². The van der Waals surface area contributed by atoms with E-state index in [2.05, 4.69) is 13.8 Å². The molecule has 0 radical (unpaired) electrons. The molecule has 0 saturated carbocycles. The number of piperidine rings is 1. The number of morpholine rings is 1. The molecule has 2 saturated heterocycles. The van der Waals surface area contributed by atoms with Crippen molar-refractivity contribution in [2.45, 2.75) is 38.5 Å². The fourth-order valence-electron chi connectivity index (χ4n) is 3.91. The summed E-state index contributed by atoms with van der Waals surface area (Å²) in [6.45, 7) is 8.13. The Labute approximate surface area is 166 Å². The number of carbonyl (C=O) groups excluding carboxylic acids is 2. The molecule has 0 unspecified atom stereocenters. The van der Waals surface area contributed by atoms with Gasteiger partial charge >= 0.3 is 0 Å². The fourth-order valence-corrected chi connectivity index (χ4v) is 4.04. The van der Waals surface area contributed by atoms with E-state index in [1.807, 2.05) is 34.1 Å². The zero-order valence-electron chi connectivity index (χ0n) is 16.2. The Bertz CT molecular complexity index is 661. The highest BCUT2D eigenvalue weighted by Crippen LogP contribution is 2.30. The van der Waals surface area contributed by atoms with Crippen LogP contribution in [-0.2, 0) is 19.7 Å². The van der Waals surface area contributed by atoms with E-state index in [1.54, 1.807) is 0 Å². The van der Waals surface area contributed by atoms with Crippen LogP contribution in [0.1, 0.15) is 38.7 Å². The molecule has 0 bridgehead atoms. The Hall–Kier alpha value is -1.59. The van der Waals surface area contributed by atoms with Crippen molar-refractivity contribution in [2.75, 3.05) is 39.4 Å². The second-order valence-corrected chi connectivity index (χ2v) is 8.60. The molecule has 2 fully saturated rings. The maximum Gasteiger partial charge on any atom is 0.225 e. The quantitative estimate of drug-likeness (QED) is 0.791. The number of hydrogen-bond donors (Lipinski definition) is 0. The van der Waals surface area contributed by atoms with Crippen molar-refractivity contribution in [1.29, 1.82) is 0 Å². The minimum atomic E-state index is -0.248. The lowest BCUT2D eigenvalue weighted by Gasteiger charge is -2.36. The van der Waals surface area contributed by atoms with Crippen molar-refractivity contribution in [3.8, 4) is 0 Å². The lowest BCUT2D eigenvalue weighted by Crippen LogP contribution is -2.48. The lowest BCUT2D eigenvalue weighted by atomic mass is 9.81. The van der Waals surface area contributed by atoms with Gasteiger partial charge in [0.15, 0.2) is 0 Å². The summed E-state index contributed by atoms with van der Waals surface area (Å²) in [5, 5.41) is 0.702. The number of nitrogens with zero attached hydrogens (tertiary/aromatic N) is 2. The van der Waals surface area contributed by atoms with Gasteiger partial charge in [-0.3, -0.25) is 9.59 Å². The molecule has 1 aromatic rings. The topological polar surface area (TPSA) is 49.9 Å². The third kappa shape index (κ3) is 5.02. The molecule has 2 aliphatic rings. The molecule has 0 aromatic heterocycles. The van der Waals surface area contributed by atoms with E-state index < -0.39 is 0 Å². The monoisotopic (exact) mass is 392 g/mol. The Balaban J connectivity index is 1.52. The predicted octanol–water partition coefficient (Wildman–Crippen LogP) is 3.11. The summed E-state index contributed by atoms with van der Waals surface area (Å²) in [6, 6.07) is 7.71. The molecule has 1 aromatic carbocycles. The minimum Gasteiger partial charge on any atom is -0.378 e. The predicted molar refractivity (Wildman–Crippen MR) is 106 cm³/mol. The summed E-state index contributed by atoms with van der Waals surface area (Å²) in [4.78, 5) is 29.3. The van der Waals surface area contributed by atoms with Crippen LogP contribution in [0.4, 0.5) is 0 Å². The first-order valence-electron chi connectivity index (χ1n) is 9.77. The number of ether oxygens (including phenoxy) is 1. The van der Waals surface area contributed by atoms with Gasteiger partial charge in [0.1, 0.15) is 0 Å². The van der Waals surface area contributed by atoms with Gasteiger partial charge in [0, 0.05) is 43.5 Å². The van der Waals surface area contributed by atoms with Crippen molar-refractivity contribution < 1.29 is 14.3 Å². The molecule has 2 aliphatic heterocycles. The van der Waals surface area contributed by atoms with Crippen molar-refractivity contribution in [3.63, 3.8) is 0 Å². The van der Waals surface area contributed by atoms with Crippen molar-refractivity contribution in [2.24, 2.45) is 5.92 Å². The van der Waals surface area contributed by atoms with Crippen LogP contribution >= 0.6 is 11.6 Å². The number of amides is 2. The SMILES string of the molecule is CC(C)(CC(=O)N1CCC(C(=O)N2CCOCC2)CC1)c1ccc(Cl)cc1. The lowest BCUT2D eigenvalue weighted by molar-refractivity contribution is -0.144. The summed E-state index contributed by atoms with van der Waals surface area (Å²) in [5.74, 6) is 0.426. The first-order valence-corrected chi connectivity index (χ1v) is 10.1. The molecule has 0 aliphatic carbocycles. The molecule has 2 amide bonds. The number of likely N-dealkylation sites (tertiary alicyclic amines) is 1. The van der Waals surface area contributed by atoms with E-state index in [-0.39, 0.29) is 23.1 Å². The van der Waals surface area contributed by atoms with Crippen LogP contribution in [0.25, 0.3) is 0 Å². The van der Waals surface area contributed by atoms with Crippen LogP contribution < -0.4 is 0 Å². The highest BCUT2D eigenvalue weighted by molar-refractivity contribution is 6.30. The van der Waals surface area contributed by atoms with Crippen LogP contribution in [0.3, 0.4) is 0 Å². The zero-order valence-corrected chi connectivity index (χ0v) is 17.0. The zero-order chi connectivity index (χ0) is 19.4. The third-order valence-electron chi connectivity index (χ3n) is 5.74. The standard InChI is InChI=1S/C21H29ClN2O3/c1-21(2,17-3-5-18(22)6-4-17)15-19(25)23-9-7-16(8-10-23)20(26)24-11-13-27-14-12-24/h3-6,16H,7-15H2,1-2H3. The summed E-state index contributed by atoms with van der Waals surface area (Å²) in [6.07, 6.45) is 1.96. The van der Waals surface area contributed by atoms with Crippen LogP contribution in [0, 0.1) is 5.92 Å². The number of halogens is 1. The maximum atomic E-state index is 12.8. The van der Waals surface area contributed by atoms with Gasteiger partial charge in [0.25, 0.3) is 0 Å². The normalized spacial score (nSPS) is 19.2. The minimum absolute atomic E-state index is 0.0384. The average Bonchev–Trinajstić information content (AvgIpc) is 2.68. The Morgan fingerprint density at radius 2 is 1.63 bits per heavy atom. The van der Waals surface area contributed by atoms with E-state index in [9.17, 15) is 9.59 Å². The third-order valence-corrected chi connectivity index (χ3v) is 5.99. The number of rotatable bonds is 4. The molecule has 3 rings (SSSR count). The Kier molecular flexibility index (Phi) is 6.43. The maximum absolute atomic E-state index is 12.8. The largest absolute Gasteiger partial charge is 0.378 e. The molecular formula is C21H29ClN2O3.